The molecule has 0 aliphatic heterocycles. The highest BCUT2D eigenvalue weighted by Gasteiger charge is 2.15. The molecule has 2 heterocycles. The summed E-state index contributed by atoms with van der Waals surface area (Å²) in [7, 11) is 0. The number of hydrogen-bond donors (Lipinski definition) is 2. The molecule has 4 aromatic rings. The maximum atomic E-state index is 12.4. The summed E-state index contributed by atoms with van der Waals surface area (Å²) in [5.41, 5.74) is 12.9. The first-order valence-corrected chi connectivity index (χ1v) is 11.7. The Labute approximate surface area is 198 Å². The Morgan fingerprint density at radius 3 is 2.64 bits per heavy atom. The summed E-state index contributed by atoms with van der Waals surface area (Å²) in [4.78, 5) is 17.2. The van der Waals surface area contributed by atoms with Crippen LogP contribution in [0.5, 0.6) is 5.75 Å². The Bertz CT molecular complexity index is 1260. The predicted molar refractivity (Wildman–Crippen MR) is 132 cm³/mol. The number of ether oxygens (including phenoxy) is 1. The van der Waals surface area contributed by atoms with Crippen molar-refractivity contribution in [2.45, 2.75) is 40.4 Å². The topological polar surface area (TPSA) is 82.2 Å². The number of nitrogens with zero attached hydrogens (tertiary/aromatic N) is 2. The number of carbonyl (C=O) groups is 1. The van der Waals surface area contributed by atoms with Gasteiger partial charge in [-0.05, 0) is 37.5 Å². The molecule has 0 aliphatic rings. The quantitative estimate of drug-likeness (QED) is 0.390. The van der Waals surface area contributed by atoms with Crippen molar-refractivity contribution < 1.29 is 9.53 Å². The van der Waals surface area contributed by atoms with E-state index in [2.05, 4.69) is 27.4 Å². The van der Waals surface area contributed by atoms with Crippen LogP contribution < -0.4 is 15.8 Å². The zero-order chi connectivity index (χ0) is 23.4. The number of nitrogens with one attached hydrogen (secondary N) is 1. The number of thiazole rings is 1. The van der Waals surface area contributed by atoms with Gasteiger partial charge in [-0.25, -0.2) is 9.78 Å². The van der Waals surface area contributed by atoms with Gasteiger partial charge in [0.25, 0.3) is 0 Å². The Balaban J connectivity index is 1.40. The molecule has 0 unspecified atom stereocenters. The lowest BCUT2D eigenvalue weighted by Crippen LogP contribution is -2.26. The number of rotatable bonds is 7. The maximum absolute atomic E-state index is 12.4. The van der Waals surface area contributed by atoms with E-state index in [-0.39, 0.29) is 0 Å². The molecule has 0 atom stereocenters. The molecule has 0 spiro atoms. The number of benzene rings is 2. The lowest BCUT2D eigenvalue weighted by atomic mass is 10.1. The Morgan fingerprint density at radius 2 is 1.91 bits per heavy atom. The number of hydrogen-bond acceptors (Lipinski definition) is 5. The second-order valence-electron chi connectivity index (χ2n) is 8.04. The van der Waals surface area contributed by atoms with Crippen molar-refractivity contribution in [2.75, 3.05) is 0 Å². The summed E-state index contributed by atoms with van der Waals surface area (Å²) in [5.74, 6) is 0.554. The van der Waals surface area contributed by atoms with Crippen LogP contribution in [0, 0.1) is 20.8 Å². The van der Waals surface area contributed by atoms with E-state index >= 15 is 0 Å². The average molecular weight is 461 g/mol. The van der Waals surface area contributed by atoms with E-state index in [0.717, 1.165) is 44.3 Å². The highest BCUT2D eigenvalue weighted by Crippen LogP contribution is 2.27. The largest absolute Gasteiger partial charge is 0.412 e. The standard InChI is InChI=1S/C26H28N4O2S/c1-17-11-20(13-27)9-10-22(17)14-28-26(31)32-24-12-18(2)30(19(24)3)15-23-16-33-25(29-23)21-7-5-4-6-8-21/h4-12,16H,13-15,27H2,1-3H3,(H,28,31). The molecule has 170 valence electrons. The van der Waals surface area contributed by atoms with Gasteiger partial charge in [0.1, 0.15) is 5.01 Å². The van der Waals surface area contributed by atoms with E-state index in [1.165, 1.54) is 0 Å². The van der Waals surface area contributed by atoms with E-state index < -0.39 is 6.09 Å². The molecule has 7 heteroatoms. The normalized spacial score (nSPS) is 10.9. The van der Waals surface area contributed by atoms with Crippen LogP contribution in [0.3, 0.4) is 0 Å². The first-order chi connectivity index (χ1) is 15.9. The fourth-order valence-electron chi connectivity index (χ4n) is 3.76. The van der Waals surface area contributed by atoms with Gasteiger partial charge in [0.2, 0.25) is 0 Å². The van der Waals surface area contributed by atoms with Crippen molar-refractivity contribution in [1.29, 1.82) is 0 Å². The monoisotopic (exact) mass is 460 g/mol. The fraction of sp³-hybridized carbons (Fsp3) is 0.231. The Morgan fingerprint density at radius 1 is 1.12 bits per heavy atom. The molecule has 33 heavy (non-hydrogen) atoms. The zero-order valence-corrected chi connectivity index (χ0v) is 19.9. The van der Waals surface area contributed by atoms with Gasteiger partial charge in [0, 0.05) is 35.8 Å². The van der Waals surface area contributed by atoms with Crippen LogP contribution in [0.4, 0.5) is 4.79 Å². The van der Waals surface area contributed by atoms with E-state index in [1.807, 2.05) is 63.2 Å². The number of aromatic nitrogens is 2. The van der Waals surface area contributed by atoms with Gasteiger partial charge in [-0.1, -0.05) is 48.5 Å². The van der Waals surface area contributed by atoms with Gasteiger partial charge in [-0.15, -0.1) is 11.3 Å². The van der Waals surface area contributed by atoms with E-state index in [4.69, 9.17) is 15.5 Å². The van der Waals surface area contributed by atoms with E-state index in [0.29, 0.717) is 25.4 Å². The number of carbonyl (C=O) groups excluding carboxylic acids is 1. The molecule has 2 aromatic heterocycles. The first-order valence-electron chi connectivity index (χ1n) is 10.9. The van der Waals surface area contributed by atoms with Gasteiger partial charge in [-0.3, -0.25) is 0 Å². The average Bonchev–Trinajstić information content (AvgIpc) is 3.39. The molecule has 0 saturated heterocycles. The Hall–Kier alpha value is -3.42. The molecule has 3 N–H and O–H groups in total. The van der Waals surface area contributed by atoms with Gasteiger partial charge in [-0.2, -0.15) is 0 Å². The SMILES string of the molecule is Cc1cc(CN)ccc1CNC(=O)Oc1cc(C)n(Cc2csc(-c3ccccc3)n2)c1C. The van der Waals surface area contributed by atoms with E-state index in [9.17, 15) is 4.79 Å². The first kappa shape index (κ1) is 22.8. The van der Waals surface area contributed by atoms with Crippen molar-refractivity contribution in [3.8, 4) is 16.3 Å². The lowest BCUT2D eigenvalue weighted by molar-refractivity contribution is 0.199. The highest BCUT2D eigenvalue weighted by atomic mass is 32.1. The Kier molecular flexibility index (Phi) is 6.91. The molecule has 1 amide bonds. The number of aryl methyl sites for hydroxylation is 2. The third-order valence-electron chi connectivity index (χ3n) is 5.69. The molecule has 0 aliphatic carbocycles. The van der Waals surface area contributed by atoms with Gasteiger partial charge < -0.3 is 20.4 Å². The van der Waals surface area contributed by atoms with Crippen LogP contribution in [-0.4, -0.2) is 15.6 Å². The van der Waals surface area contributed by atoms with Crippen LogP contribution in [0.1, 0.15) is 33.8 Å². The fourth-order valence-corrected chi connectivity index (χ4v) is 4.57. The van der Waals surface area contributed by atoms with Crippen LogP contribution in [-0.2, 0) is 19.6 Å². The lowest BCUT2D eigenvalue weighted by Gasteiger charge is -2.10. The molecule has 6 nitrogen and oxygen atoms in total. The highest BCUT2D eigenvalue weighted by molar-refractivity contribution is 7.13. The van der Waals surface area contributed by atoms with Crippen molar-refractivity contribution in [3.05, 3.63) is 93.7 Å². The number of amides is 1. The van der Waals surface area contributed by atoms with Gasteiger partial charge in [0.05, 0.1) is 17.9 Å². The molecule has 2 aromatic carbocycles. The minimum atomic E-state index is -0.474. The maximum Gasteiger partial charge on any atom is 0.412 e. The van der Waals surface area contributed by atoms with Crippen LogP contribution in [0.15, 0.2) is 60.0 Å². The van der Waals surface area contributed by atoms with Crippen molar-refractivity contribution >= 4 is 17.4 Å². The molecule has 0 radical (unpaired) electrons. The molecule has 0 bridgehead atoms. The summed E-state index contributed by atoms with van der Waals surface area (Å²) in [5, 5.41) is 5.92. The summed E-state index contributed by atoms with van der Waals surface area (Å²) in [6, 6.07) is 18.1. The van der Waals surface area contributed by atoms with Crippen molar-refractivity contribution in [1.82, 2.24) is 14.9 Å². The van der Waals surface area contributed by atoms with Gasteiger partial charge in [0.15, 0.2) is 5.75 Å². The third-order valence-corrected chi connectivity index (χ3v) is 6.63. The molecule has 0 fully saturated rings. The third kappa shape index (κ3) is 5.32. The second-order valence-corrected chi connectivity index (χ2v) is 8.90. The molecule has 0 saturated carbocycles. The summed E-state index contributed by atoms with van der Waals surface area (Å²) >= 11 is 1.63. The van der Waals surface area contributed by atoms with E-state index in [1.54, 1.807) is 11.3 Å². The molecule has 4 rings (SSSR count). The summed E-state index contributed by atoms with van der Waals surface area (Å²) < 4.78 is 7.73. The van der Waals surface area contributed by atoms with Crippen molar-refractivity contribution in [2.24, 2.45) is 5.73 Å². The summed E-state index contributed by atoms with van der Waals surface area (Å²) in [6.07, 6.45) is -0.474. The van der Waals surface area contributed by atoms with Crippen molar-refractivity contribution in [3.63, 3.8) is 0 Å². The number of nitrogens with two attached hydrogens (primary N) is 1. The smallest absolute Gasteiger partial charge is 0.408 e. The molecular weight excluding hydrogens is 432 g/mol. The van der Waals surface area contributed by atoms with Gasteiger partial charge >= 0.3 is 6.09 Å². The summed E-state index contributed by atoms with van der Waals surface area (Å²) in [6.45, 7) is 7.49. The second kappa shape index (κ2) is 10.0. The minimum absolute atomic E-state index is 0.398. The zero-order valence-electron chi connectivity index (χ0n) is 19.1. The molecular formula is C26H28N4O2S. The van der Waals surface area contributed by atoms with Crippen LogP contribution >= 0.6 is 11.3 Å². The van der Waals surface area contributed by atoms with Crippen LogP contribution in [0.25, 0.3) is 10.6 Å². The minimum Gasteiger partial charge on any atom is -0.408 e. The van der Waals surface area contributed by atoms with Crippen LogP contribution in [0.2, 0.25) is 0 Å². The predicted octanol–water partition coefficient (Wildman–Crippen LogP) is 5.33.